The Morgan fingerprint density at radius 1 is 1.25 bits per heavy atom. The molecule has 1 unspecified atom stereocenters. The number of aromatic nitrogens is 4. The average Bonchev–Trinajstić information content (AvgIpc) is 3.27. The van der Waals surface area contributed by atoms with E-state index in [0.29, 0.717) is 0 Å². The summed E-state index contributed by atoms with van der Waals surface area (Å²) in [5.41, 5.74) is 4.25. The van der Waals surface area contributed by atoms with Crippen LogP contribution >= 0.6 is 15.9 Å². The number of nitrogens with zero attached hydrogens (tertiary/aromatic N) is 3. The third-order valence-electron chi connectivity index (χ3n) is 4.78. The largest absolute Gasteiger partial charge is 0.356 e. The summed E-state index contributed by atoms with van der Waals surface area (Å²) in [6.07, 6.45) is 3.31. The molecule has 2 aliphatic heterocycles. The minimum absolute atomic E-state index is 0.00720. The van der Waals surface area contributed by atoms with Gasteiger partial charge in [0.05, 0.1) is 16.9 Å². The summed E-state index contributed by atoms with van der Waals surface area (Å²) in [5.74, 6) is 0.850. The van der Waals surface area contributed by atoms with Crippen molar-refractivity contribution in [2.45, 2.75) is 38.6 Å². The molecule has 1 saturated heterocycles. The van der Waals surface area contributed by atoms with E-state index in [9.17, 15) is 0 Å². The van der Waals surface area contributed by atoms with Gasteiger partial charge in [-0.1, -0.05) is 15.9 Å². The van der Waals surface area contributed by atoms with E-state index in [2.05, 4.69) is 44.4 Å². The molecule has 7 heteroatoms. The lowest BCUT2D eigenvalue weighted by Crippen LogP contribution is -2.19. The first kappa shape index (κ1) is 14.6. The van der Waals surface area contributed by atoms with Crippen LogP contribution in [0.3, 0.4) is 0 Å². The van der Waals surface area contributed by atoms with E-state index in [1.807, 2.05) is 4.68 Å². The molecule has 0 bridgehead atoms. The number of hydrogen-bond donors (Lipinski definition) is 2. The molecule has 1 aromatic carbocycles. The molecule has 1 fully saturated rings. The molecule has 3 aromatic rings. The minimum Gasteiger partial charge on any atom is -0.356 e. The minimum atomic E-state index is 0.00720. The van der Waals surface area contributed by atoms with Gasteiger partial charge in [-0.2, -0.15) is 5.10 Å². The fraction of sp³-hybridized carbons (Fsp3) is 0.412. The second-order valence-electron chi connectivity index (χ2n) is 6.39. The first-order valence-electron chi connectivity index (χ1n) is 8.38. The highest BCUT2D eigenvalue weighted by Gasteiger charge is 2.24. The normalized spacial score (nSPS) is 20.6. The van der Waals surface area contributed by atoms with Crippen molar-refractivity contribution in [1.29, 1.82) is 0 Å². The second kappa shape index (κ2) is 5.68. The molecule has 0 aliphatic carbocycles. The summed E-state index contributed by atoms with van der Waals surface area (Å²) in [5, 5.41) is 9.30. The van der Waals surface area contributed by atoms with Crippen LogP contribution in [-0.2, 0) is 17.8 Å². The van der Waals surface area contributed by atoms with Gasteiger partial charge in [-0.15, -0.1) is 0 Å². The molecule has 0 radical (unpaired) electrons. The molecule has 1 atom stereocenters. The van der Waals surface area contributed by atoms with E-state index < -0.39 is 0 Å². The Morgan fingerprint density at radius 3 is 3.04 bits per heavy atom. The van der Waals surface area contributed by atoms with Crippen molar-refractivity contribution in [1.82, 2.24) is 25.1 Å². The molecular formula is C17H18BrN5O. The van der Waals surface area contributed by atoms with Gasteiger partial charge in [0.2, 0.25) is 0 Å². The maximum atomic E-state index is 5.97. The topological polar surface area (TPSA) is 67.8 Å². The van der Waals surface area contributed by atoms with Crippen molar-refractivity contribution >= 4 is 26.8 Å². The molecule has 4 heterocycles. The molecule has 2 aromatic heterocycles. The number of H-pyrrole nitrogens is 1. The molecule has 24 heavy (non-hydrogen) atoms. The van der Waals surface area contributed by atoms with E-state index in [4.69, 9.17) is 14.8 Å². The number of nitrogens with one attached hydrogen (secondary N) is 2. The zero-order valence-corrected chi connectivity index (χ0v) is 14.8. The predicted molar refractivity (Wildman–Crippen MR) is 94.4 cm³/mol. The number of fused-ring (bicyclic) bond motifs is 2. The molecular weight excluding hydrogens is 370 g/mol. The predicted octanol–water partition coefficient (Wildman–Crippen LogP) is 3.49. The van der Waals surface area contributed by atoms with Crippen molar-refractivity contribution in [2.24, 2.45) is 0 Å². The van der Waals surface area contributed by atoms with Gasteiger partial charge in [-0.05, 0) is 37.5 Å². The van der Waals surface area contributed by atoms with E-state index in [1.54, 1.807) is 0 Å². The standard InChI is InChI=1S/C17H18BrN5O/c18-10-4-5-11-14(7-10)23(15-3-1-2-6-24-15)22-16(11)17-20-12-8-19-9-13(12)21-17/h4-5,7,15,19H,1-3,6,8-9H2,(H,20,21). The van der Waals surface area contributed by atoms with Gasteiger partial charge in [-0.25, -0.2) is 9.67 Å². The van der Waals surface area contributed by atoms with Gasteiger partial charge in [0.15, 0.2) is 12.1 Å². The van der Waals surface area contributed by atoms with Crippen LogP contribution in [0.15, 0.2) is 22.7 Å². The highest BCUT2D eigenvalue weighted by atomic mass is 79.9. The van der Waals surface area contributed by atoms with Crippen LogP contribution in [0.4, 0.5) is 0 Å². The molecule has 0 saturated carbocycles. The third kappa shape index (κ3) is 2.30. The average molecular weight is 388 g/mol. The molecule has 0 amide bonds. The molecule has 2 aliphatic rings. The molecule has 124 valence electrons. The summed E-state index contributed by atoms with van der Waals surface area (Å²) >= 11 is 3.58. The van der Waals surface area contributed by atoms with Crippen molar-refractivity contribution in [2.75, 3.05) is 6.61 Å². The van der Waals surface area contributed by atoms with Crippen LogP contribution in [0.2, 0.25) is 0 Å². The number of hydrogen-bond acceptors (Lipinski definition) is 4. The van der Waals surface area contributed by atoms with Crippen LogP contribution in [0, 0.1) is 0 Å². The summed E-state index contributed by atoms with van der Waals surface area (Å²) < 4.78 is 9.04. The van der Waals surface area contributed by atoms with Crippen molar-refractivity contribution < 1.29 is 4.74 Å². The summed E-state index contributed by atoms with van der Waals surface area (Å²) in [7, 11) is 0. The highest BCUT2D eigenvalue weighted by Crippen LogP contribution is 2.33. The van der Waals surface area contributed by atoms with E-state index >= 15 is 0 Å². The van der Waals surface area contributed by atoms with Crippen molar-refractivity contribution in [3.05, 3.63) is 34.1 Å². The van der Waals surface area contributed by atoms with Gasteiger partial charge in [0.1, 0.15) is 5.69 Å². The van der Waals surface area contributed by atoms with E-state index in [0.717, 1.165) is 65.1 Å². The Hall–Kier alpha value is -1.70. The summed E-state index contributed by atoms with van der Waals surface area (Å²) in [6.45, 7) is 2.47. The maximum Gasteiger partial charge on any atom is 0.159 e. The van der Waals surface area contributed by atoms with E-state index in [-0.39, 0.29) is 6.23 Å². The Kier molecular flexibility index (Phi) is 3.46. The quantitative estimate of drug-likeness (QED) is 0.705. The van der Waals surface area contributed by atoms with Crippen molar-refractivity contribution in [3.8, 4) is 11.5 Å². The molecule has 6 nitrogen and oxygen atoms in total. The lowest BCUT2D eigenvalue weighted by Gasteiger charge is -2.23. The Labute approximate surface area is 147 Å². The van der Waals surface area contributed by atoms with Gasteiger partial charge in [0, 0.05) is 29.6 Å². The fourth-order valence-electron chi connectivity index (χ4n) is 3.58. The van der Waals surface area contributed by atoms with Crippen LogP contribution < -0.4 is 5.32 Å². The van der Waals surface area contributed by atoms with Crippen LogP contribution in [0.5, 0.6) is 0 Å². The Balaban J connectivity index is 1.67. The Morgan fingerprint density at radius 2 is 2.21 bits per heavy atom. The number of imidazole rings is 1. The van der Waals surface area contributed by atoms with Crippen LogP contribution in [-0.4, -0.2) is 26.4 Å². The van der Waals surface area contributed by atoms with Gasteiger partial charge in [0.25, 0.3) is 0 Å². The fourth-order valence-corrected chi connectivity index (χ4v) is 3.93. The second-order valence-corrected chi connectivity index (χ2v) is 7.31. The highest BCUT2D eigenvalue weighted by molar-refractivity contribution is 9.10. The summed E-state index contributed by atoms with van der Waals surface area (Å²) in [4.78, 5) is 8.18. The van der Waals surface area contributed by atoms with E-state index in [1.165, 1.54) is 12.1 Å². The zero-order chi connectivity index (χ0) is 16.1. The molecule has 5 rings (SSSR count). The number of halogens is 1. The number of ether oxygens (including phenoxy) is 1. The number of rotatable bonds is 2. The SMILES string of the molecule is Brc1ccc2c(-c3nc4c([nH]3)CNC4)nn(C3CCCCO3)c2c1. The van der Waals surface area contributed by atoms with Crippen LogP contribution in [0.25, 0.3) is 22.4 Å². The molecule has 0 spiro atoms. The monoisotopic (exact) mass is 387 g/mol. The lowest BCUT2D eigenvalue weighted by atomic mass is 10.1. The van der Waals surface area contributed by atoms with Crippen LogP contribution in [0.1, 0.15) is 36.9 Å². The van der Waals surface area contributed by atoms with Gasteiger partial charge < -0.3 is 15.0 Å². The first-order valence-corrected chi connectivity index (χ1v) is 9.17. The van der Waals surface area contributed by atoms with Gasteiger partial charge >= 0.3 is 0 Å². The molecule has 2 N–H and O–H groups in total. The number of aromatic amines is 1. The van der Waals surface area contributed by atoms with Gasteiger partial charge in [-0.3, -0.25) is 0 Å². The first-order chi connectivity index (χ1) is 11.8. The zero-order valence-electron chi connectivity index (χ0n) is 13.2. The number of benzene rings is 1. The smallest absolute Gasteiger partial charge is 0.159 e. The summed E-state index contributed by atoms with van der Waals surface area (Å²) in [6, 6.07) is 6.27. The Bertz CT molecular complexity index is 888. The third-order valence-corrected chi connectivity index (χ3v) is 5.27. The van der Waals surface area contributed by atoms with Crippen molar-refractivity contribution in [3.63, 3.8) is 0 Å². The maximum absolute atomic E-state index is 5.97. The lowest BCUT2D eigenvalue weighted by molar-refractivity contribution is -0.0365.